The Morgan fingerprint density at radius 3 is 2.45 bits per heavy atom. The van der Waals surface area contributed by atoms with Crippen molar-refractivity contribution >= 4 is 21.7 Å². The van der Waals surface area contributed by atoms with Crippen LogP contribution in [0.5, 0.6) is 0 Å². The van der Waals surface area contributed by atoms with Crippen LogP contribution in [0.4, 0.5) is 5.69 Å². The number of carboxylic acids is 1. The van der Waals surface area contributed by atoms with E-state index in [2.05, 4.69) is 4.72 Å². The summed E-state index contributed by atoms with van der Waals surface area (Å²) in [6, 6.07) is 3.42. The Kier molecular flexibility index (Phi) is 4.74. The molecule has 5 N–H and O–H groups in total. The van der Waals surface area contributed by atoms with Crippen LogP contribution in [-0.4, -0.2) is 36.7 Å². The Labute approximate surface area is 117 Å². The lowest BCUT2D eigenvalue weighted by molar-refractivity contribution is 0.0696. The van der Waals surface area contributed by atoms with Crippen molar-refractivity contribution in [3.8, 4) is 0 Å². The minimum Gasteiger partial charge on any atom is -0.478 e. The maximum atomic E-state index is 12.2. The van der Waals surface area contributed by atoms with Gasteiger partial charge >= 0.3 is 5.97 Å². The first-order valence-corrected chi connectivity index (χ1v) is 7.35. The molecule has 20 heavy (non-hydrogen) atoms. The molecule has 0 aliphatic rings. The zero-order valence-electron chi connectivity index (χ0n) is 11.3. The van der Waals surface area contributed by atoms with E-state index >= 15 is 0 Å². The number of aliphatic hydroxyl groups is 1. The first kappa shape index (κ1) is 16.4. The lowest BCUT2D eigenvalue weighted by Gasteiger charge is -2.25. The third kappa shape index (κ3) is 3.92. The Morgan fingerprint density at radius 2 is 2.00 bits per heavy atom. The van der Waals surface area contributed by atoms with E-state index in [1.165, 1.54) is 6.07 Å². The van der Waals surface area contributed by atoms with Crippen molar-refractivity contribution in [2.24, 2.45) is 0 Å². The third-order valence-electron chi connectivity index (χ3n) is 2.69. The second kappa shape index (κ2) is 5.78. The summed E-state index contributed by atoms with van der Waals surface area (Å²) in [4.78, 5) is 10.6. The van der Waals surface area contributed by atoms with Gasteiger partial charge < -0.3 is 15.9 Å². The largest absolute Gasteiger partial charge is 0.478 e. The zero-order chi connectivity index (χ0) is 15.6. The number of rotatable bonds is 6. The van der Waals surface area contributed by atoms with Crippen LogP contribution in [0.3, 0.4) is 0 Å². The standard InChI is InChI=1S/C12H18N2O5S/c1-12(2,5-6-15)14-20(18,19)10-4-3-8(11(16)17)7-9(10)13/h3-4,7,14-15H,5-6,13H2,1-2H3,(H,16,17). The van der Waals surface area contributed by atoms with Crippen molar-refractivity contribution < 1.29 is 23.4 Å². The number of carbonyl (C=O) groups is 1. The highest BCUT2D eigenvalue weighted by Gasteiger charge is 2.27. The van der Waals surface area contributed by atoms with Crippen molar-refractivity contribution in [2.45, 2.75) is 30.7 Å². The fourth-order valence-corrected chi connectivity index (χ4v) is 3.23. The highest BCUT2D eigenvalue weighted by molar-refractivity contribution is 7.89. The fourth-order valence-electron chi connectivity index (χ4n) is 1.68. The molecule has 1 aromatic carbocycles. The fraction of sp³-hybridized carbons (Fsp3) is 0.417. The number of sulfonamides is 1. The second-order valence-corrected chi connectivity index (χ2v) is 6.67. The van der Waals surface area contributed by atoms with E-state index in [0.29, 0.717) is 0 Å². The van der Waals surface area contributed by atoms with Gasteiger partial charge in [0.1, 0.15) is 4.90 Å². The molecular weight excluding hydrogens is 284 g/mol. The van der Waals surface area contributed by atoms with Crippen LogP contribution in [0.2, 0.25) is 0 Å². The van der Waals surface area contributed by atoms with E-state index in [1.807, 2.05) is 0 Å². The normalized spacial score (nSPS) is 12.3. The maximum Gasteiger partial charge on any atom is 0.335 e. The molecular formula is C12H18N2O5S. The molecule has 0 unspecified atom stereocenters. The molecule has 0 spiro atoms. The second-order valence-electron chi connectivity index (χ2n) is 5.02. The quantitative estimate of drug-likeness (QED) is 0.563. The van der Waals surface area contributed by atoms with Crippen LogP contribution >= 0.6 is 0 Å². The van der Waals surface area contributed by atoms with E-state index in [-0.39, 0.29) is 29.2 Å². The number of aliphatic hydroxyl groups excluding tert-OH is 1. The Balaban J connectivity index is 3.14. The average Bonchev–Trinajstić information content (AvgIpc) is 2.26. The van der Waals surface area contributed by atoms with Gasteiger partial charge in [0.2, 0.25) is 10.0 Å². The summed E-state index contributed by atoms with van der Waals surface area (Å²) in [5, 5.41) is 17.7. The monoisotopic (exact) mass is 302 g/mol. The van der Waals surface area contributed by atoms with Crippen LogP contribution in [0.1, 0.15) is 30.6 Å². The lowest BCUT2D eigenvalue weighted by Crippen LogP contribution is -2.44. The average molecular weight is 302 g/mol. The maximum absolute atomic E-state index is 12.2. The molecule has 0 atom stereocenters. The van der Waals surface area contributed by atoms with Gasteiger partial charge in [-0.3, -0.25) is 0 Å². The summed E-state index contributed by atoms with van der Waals surface area (Å²) < 4.78 is 26.8. The van der Waals surface area contributed by atoms with Gasteiger partial charge in [-0.25, -0.2) is 17.9 Å². The topological polar surface area (TPSA) is 130 Å². The van der Waals surface area contributed by atoms with Gasteiger partial charge in [0.05, 0.1) is 11.3 Å². The van der Waals surface area contributed by atoms with E-state index in [1.54, 1.807) is 13.8 Å². The molecule has 0 saturated heterocycles. The summed E-state index contributed by atoms with van der Waals surface area (Å²) in [6.07, 6.45) is 0.235. The molecule has 8 heteroatoms. The van der Waals surface area contributed by atoms with Gasteiger partial charge in [-0.2, -0.15) is 0 Å². The first-order valence-electron chi connectivity index (χ1n) is 5.87. The number of hydrogen-bond donors (Lipinski definition) is 4. The Morgan fingerprint density at radius 1 is 1.40 bits per heavy atom. The number of nitrogen functional groups attached to an aromatic ring is 1. The first-order chi connectivity index (χ1) is 9.09. The van der Waals surface area contributed by atoms with Gasteiger partial charge in [0.25, 0.3) is 0 Å². The smallest absolute Gasteiger partial charge is 0.335 e. The SMILES string of the molecule is CC(C)(CCO)NS(=O)(=O)c1ccc(C(=O)O)cc1N. The summed E-state index contributed by atoms with van der Waals surface area (Å²) in [6.45, 7) is 3.09. The third-order valence-corrected chi connectivity index (χ3v) is 4.47. The molecule has 1 aromatic rings. The molecule has 0 saturated carbocycles. The summed E-state index contributed by atoms with van der Waals surface area (Å²) in [5.74, 6) is -1.19. The number of benzene rings is 1. The number of nitrogens with two attached hydrogens (primary N) is 1. The number of anilines is 1. The Bertz CT molecular complexity index is 610. The number of nitrogens with one attached hydrogen (secondary N) is 1. The van der Waals surface area contributed by atoms with Crippen LogP contribution in [0, 0.1) is 0 Å². The number of hydrogen-bond acceptors (Lipinski definition) is 5. The summed E-state index contributed by atoms with van der Waals surface area (Å²) in [5.41, 5.74) is 4.54. The molecule has 7 nitrogen and oxygen atoms in total. The molecule has 0 fully saturated rings. The van der Waals surface area contributed by atoms with Crippen molar-refractivity contribution in [2.75, 3.05) is 12.3 Å². The van der Waals surface area contributed by atoms with Crippen molar-refractivity contribution in [1.82, 2.24) is 4.72 Å². The lowest BCUT2D eigenvalue weighted by atomic mass is 10.0. The molecule has 0 bridgehead atoms. The van der Waals surface area contributed by atoms with Crippen LogP contribution in [0.25, 0.3) is 0 Å². The van der Waals surface area contributed by atoms with Crippen molar-refractivity contribution in [3.63, 3.8) is 0 Å². The zero-order valence-corrected chi connectivity index (χ0v) is 12.1. The molecule has 1 rings (SSSR count). The molecule has 112 valence electrons. The highest BCUT2D eigenvalue weighted by Crippen LogP contribution is 2.22. The summed E-state index contributed by atoms with van der Waals surface area (Å²) >= 11 is 0. The molecule has 0 aliphatic carbocycles. The van der Waals surface area contributed by atoms with Crippen LogP contribution < -0.4 is 10.5 Å². The molecule has 0 aliphatic heterocycles. The minimum absolute atomic E-state index is 0.0870. The van der Waals surface area contributed by atoms with Gasteiger partial charge in [-0.1, -0.05) is 0 Å². The predicted octanol–water partition coefficient (Wildman–Crippen LogP) is 0.406. The predicted molar refractivity (Wildman–Crippen MR) is 73.9 cm³/mol. The van der Waals surface area contributed by atoms with Gasteiger partial charge in [-0.15, -0.1) is 0 Å². The Hall–Kier alpha value is -1.64. The molecule has 0 heterocycles. The van der Waals surface area contributed by atoms with Crippen molar-refractivity contribution in [1.29, 1.82) is 0 Å². The van der Waals surface area contributed by atoms with E-state index in [4.69, 9.17) is 15.9 Å². The molecule has 0 radical (unpaired) electrons. The molecule has 0 amide bonds. The van der Waals surface area contributed by atoms with E-state index < -0.39 is 21.5 Å². The number of carboxylic acid groups (broad SMARTS) is 1. The summed E-state index contributed by atoms with van der Waals surface area (Å²) in [7, 11) is -3.89. The van der Waals surface area contributed by atoms with Gasteiger partial charge in [0, 0.05) is 12.1 Å². The minimum atomic E-state index is -3.89. The van der Waals surface area contributed by atoms with Gasteiger partial charge in [-0.05, 0) is 38.5 Å². The van der Waals surface area contributed by atoms with Crippen LogP contribution in [0.15, 0.2) is 23.1 Å². The van der Waals surface area contributed by atoms with Crippen LogP contribution in [-0.2, 0) is 10.0 Å². The molecule has 0 aromatic heterocycles. The van der Waals surface area contributed by atoms with E-state index in [0.717, 1.165) is 12.1 Å². The van der Waals surface area contributed by atoms with Crippen molar-refractivity contribution in [3.05, 3.63) is 23.8 Å². The van der Waals surface area contributed by atoms with E-state index in [9.17, 15) is 13.2 Å². The van der Waals surface area contributed by atoms with Gasteiger partial charge in [0.15, 0.2) is 0 Å². The number of aromatic carboxylic acids is 1. The highest BCUT2D eigenvalue weighted by atomic mass is 32.2.